The van der Waals surface area contributed by atoms with Crippen LogP contribution in [-0.2, 0) is 6.61 Å². The van der Waals surface area contributed by atoms with Gasteiger partial charge in [-0.25, -0.2) is 4.39 Å². The zero-order valence-corrected chi connectivity index (χ0v) is 17.9. The lowest BCUT2D eigenvalue weighted by atomic mass is 10.1. The van der Waals surface area contributed by atoms with Crippen molar-refractivity contribution < 1.29 is 18.7 Å². The van der Waals surface area contributed by atoms with Crippen molar-refractivity contribution in [2.45, 2.75) is 6.61 Å². The van der Waals surface area contributed by atoms with Gasteiger partial charge in [-0.2, -0.15) is 5.26 Å². The number of halogens is 1. The Bertz CT molecular complexity index is 1210. The van der Waals surface area contributed by atoms with Gasteiger partial charge < -0.3 is 14.5 Å². The van der Waals surface area contributed by atoms with Crippen molar-refractivity contribution in [2.24, 2.45) is 0 Å². The highest BCUT2D eigenvalue weighted by molar-refractivity contribution is 5.96. The number of rotatable bonds is 5. The molecular formula is C26H22FN3O3. The van der Waals surface area contributed by atoms with E-state index in [2.05, 4.69) is 6.07 Å². The Kier molecular flexibility index (Phi) is 6.65. The van der Waals surface area contributed by atoms with Gasteiger partial charge in [0.15, 0.2) is 0 Å². The van der Waals surface area contributed by atoms with Crippen molar-refractivity contribution in [3.8, 4) is 11.8 Å². The second kappa shape index (κ2) is 9.96. The maximum Gasteiger partial charge on any atom is 0.256 e. The minimum atomic E-state index is -0.542. The molecule has 33 heavy (non-hydrogen) atoms. The standard InChI is InChI=1S/C26H22FN3O3/c27-24-10-2-1-9-23(24)26(32)30-13-11-29(12-14-30)25(31)21-7-3-6-20(15-21)18-33-22-8-4-5-19(16-22)17-28/h1-10,15-16H,11-14,18H2. The average Bonchev–Trinajstić information content (AvgIpc) is 2.87. The number of hydrogen-bond acceptors (Lipinski definition) is 4. The molecular weight excluding hydrogens is 421 g/mol. The maximum atomic E-state index is 13.9. The summed E-state index contributed by atoms with van der Waals surface area (Å²) < 4.78 is 19.7. The first-order valence-electron chi connectivity index (χ1n) is 10.6. The fourth-order valence-electron chi connectivity index (χ4n) is 3.72. The smallest absolute Gasteiger partial charge is 0.256 e. The Morgan fingerprint density at radius 1 is 0.879 bits per heavy atom. The summed E-state index contributed by atoms with van der Waals surface area (Å²) in [7, 11) is 0. The van der Waals surface area contributed by atoms with E-state index in [4.69, 9.17) is 10.00 Å². The third kappa shape index (κ3) is 5.18. The average molecular weight is 443 g/mol. The summed E-state index contributed by atoms with van der Waals surface area (Å²) in [5.74, 6) is -0.443. The molecule has 3 aromatic rings. The highest BCUT2D eigenvalue weighted by Gasteiger charge is 2.26. The molecule has 166 valence electrons. The fraction of sp³-hybridized carbons (Fsp3) is 0.192. The van der Waals surface area contributed by atoms with E-state index in [1.165, 1.54) is 12.1 Å². The third-order valence-corrected chi connectivity index (χ3v) is 5.50. The van der Waals surface area contributed by atoms with Gasteiger partial charge in [0.05, 0.1) is 17.2 Å². The Balaban J connectivity index is 1.35. The SMILES string of the molecule is N#Cc1cccc(OCc2cccc(C(=O)N3CCN(C(=O)c4ccccc4F)CC3)c2)c1. The second-order valence-electron chi connectivity index (χ2n) is 7.69. The lowest BCUT2D eigenvalue weighted by molar-refractivity contribution is 0.0532. The van der Waals surface area contributed by atoms with Gasteiger partial charge in [-0.1, -0.05) is 30.3 Å². The molecule has 0 aromatic heterocycles. The van der Waals surface area contributed by atoms with Crippen LogP contribution in [0.1, 0.15) is 31.8 Å². The molecule has 4 rings (SSSR count). The molecule has 0 bridgehead atoms. The third-order valence-electron chi connectivity index (χ3n) is 5.50. The quantitative estimate of drug-likeness (QED) is 0.600. The summed E-state index contributed by atoms with van der Waals surface area (Å²) in [6.07, 6.45) is 0. The van der Waals surface area contributed by atoms with Crippen LogP contribution in [0.15, 0.2) is 72.8 Å². The van der Waals surface area contributed by atoms with Crippen molar-refractivity contribution in [3.05, 3.63) is 101 Å². The summed E-state index contributed by atoms with van der Waals surface area (Å²) in [6, 6.07) is 22.1. The maximum absolute atomic E-state index is 13.9. The molecule has 0 unspecified atom stereocenters. The van der Waals surface area contributed by atoms with Crippen LogP contribution in [-0.4, -0.2) is 47.8 Å². The number of nitrogens with zero attached hydrogens (tertiary/aromatic N) is 3. The van der Waals surface area contributed by atoms with Crippen molar-refractivity contribution in [1.29, 1.82) is 5.26 Å². The predicted molar refractivity (Wildman–Crippen MR) is 120 cm³/mol. The molecule has 0 aliphatic carbocycles. The summed E-state index contributed by atoms with van der Waals surface area (Å²) in [5, 5.41) is 9.00. The molecule has 1 aliphatic heterocycles. The molecule has 3 aromatic carbocycles. The molecule has 0 radical (unpaired) electrons. The summed E-state index contributed by atoms with van der Waals surface area (Å²) in [4.78, 5) is 28.9. The van der Waals surface area contributed by atoms with Gasteiger partial charge in [0, 0.05) is 31.7 Å². The number of ether oxygens (including phenoxy) is 1. The van der Waals surface area contributed by atoms with Crippen molar-refractivity contribution in [1.82, 2.24) is 9.80 Å². The first-order chi connectivity index (χ1) is 16.0. The van der Waals surface area contributed by atoms with Crippen molar-refractivity contribution >= 4 is 11.8 Å². The van der Waals surface area contributed by atoms with Gasteiger partial charge in [-0.15, -0.1) is 0 Å². The highest BCUT2D eigenvalue weighted by Crippen LogP contribution is 2.17. The zero-order chi connectivity index (χ0) is 23.2. The van der Waals surface area contributed by atoms with E-state index in [1.807, 2.05) is 6.07 Å². The largest absolute Gasteiger partial charge is 0.489 e. The minimum Gasteiger partial charge on any atom is -0.489 e. The topological polar surface area (TPSA) is 73.6 Å². The molecule has 0 saturated carbocycles. The fourth-order valence-corrected chi connectivity index (χ4v) is 3.72. The molecule has 7 heteroatoms. The van der Waals surface area contributed by atoms with E-state index < -0.39 is 5.82 Å². The number of benzene rings is 3. The monoisotopic (exact) mass is 443 g/mol. The highest BCUT2D eigenvalue weighted by atomic mass is 19.1. The number of nitriles is 1. The van der Waals surface area contributed by atoms with E-state index in [-0.39, 0.29) is 24.0 Å². The van der Waals surface area contributed by atoms with E-state index in [0.717, 1.165) is 5.56 Å². The zero-order valence-electron chi connectivity index (χ0n) is 17.9. The van der Waals surface area contributed by atoms with Gasteiger partial charge in [-0.3, -0.25) is 9.59 Å². The second-order valence-corrected chi connectivity index (χ2v) is 7.69. The van der Waals surface area contributed by atoms with Gasteiger partial charge in [0.1, 0.15) is 18.2 Å². The molecule has 1 saturated heterocycles. The molecule has 2 amide bonds. The summed E-state index contributed by atoms with van der Waals surface area (Å²) in [6.45, 7) is 1.70. The van der Waals surface area contributed by atoms with Gasteiger partial charge in [-0.05, 0) is 48.0 Å². The first kappa shape index (κ1) is 22.0. The molecule has 6 nitrogen and oxygen atoms in total. The molecule has 1 fully saturated rings. The van der Waals surface area contributed by atoms with E-state index in [9.17, 15) is 14.0 Å². The number of amides is 2. The van der Waals surface area contributed by atoms with Crippen LogP contribution >= 0.6 is 0 Å². The van der Waals surface area contributed by atoms with Crippen LogP contribution in [0.4, 0.5) is 4.39 Å². The summed E-state index contributed by atoms with van der Waals surface area (Å²) >= 11 is 0. The van der Waals surface area contributed by atoms with Gasteiger partial charge >= 0.3 is 0 Å². The molecule has 1 heterocycles. The molecule has 1 aliphatic rings. The van der Waals surface area contributed by atoms with Gasteiger partial charge in [0.25, 0.3) is 11.8 Å². The number of carbonyl (C=O) groups is 2. The normalized spacial score (nSPS) is 13.3. The lowest BCUT2D eigenvalue weighted by Crippen LogP contribution is -2.50. The summed E-state index contributed by atoms with van der Waals surface area (Å²) in [5.41, 5.74) is 1.93. The number of carbonyl (C=O) groups excluding carboxylic acids is 2. The van der Waals surface area contributed by atoms with Crippen LogP contribution in [0.3, 0.4) is 0 Å². The van der Waals surface area contributed by atoms with Crippen LogP contribution in [0.25, 0.3) is 0 Å². The van der Waals surface area contributed by atoms with Crippen LogP contribution in [0.5, 0.6) is 5.75 Å². The Labute approximate surface area is 191 Å². The predicted octanol–water partition coefficient (Wildman–Crippen LogP) is 3.87. The van der Waals surface area contributed by atoms with E-state index >= 15 is 0 Å². The number of piperazine rings is 1. The number of hydrogen-bond donors (Lipinski definition) is 0. The van der Waals surface area contributed by atoms with Crippen molar-refractivity contribution in [3.63, 3.8) is 0 Å². The van der Waals surface area contributed by atoms with Crippen molar-refractivity contribution in [2.75, 3.05) is 26.2 Å². The first-order valence-corrected chi connectivity index (χ1v) is 10.6. The Morgan fingerprint density at radius 3 is 2.30 bits per heavy atom. The molecule has 0 N–H and O–H groups in total. The Hall–Kier alpha value is -4.18. The lowest BCUT2D eigenvalue weighted by Gasteiger charge is -2.35. The van der Waals surface area contributed by atoms with Gasteiger partial charge in [0.2, 0.25) is 0 Å². The minimum absolute atomic E-state index is 0.0466. The van der Waals surface area contributed by atoms with E-state index in [0.29, 0.717) is 43.1 Å². The van der Waals surface area contributed by atoms with Crippen LogP contribution in [0.2, 0.25) is 0 Å². The van der Waals surface area contributed by atoms with Crippen LogP contribution < -0.4 is 4.74 Å². The Morgan fingerprint density at radius 2 is 1.58 bits per heavy atom. The van der Waals surface area contributed by atoms with Crippen LogP contribution in [0, 0.1) is 17.1 Å². The molecule has 0 atom stereocenters. The van der Waals surface area contributed by atoms with E-state index in [1.54, 1.807) is 64.4 Å². The molecule has 0 spiro atoms.